The number of hydrogen-bond acceptors (Lipinski definition) is 4. The monoisotopic (exact) mass is 434 g/mol. The smallest absolute Gasteiger partial charge is 0.305 e. The van der Waals surface area contributed by atoms with E-state index in [1.165, 1.54) is 25.7 Å². The van der Waals surface area contributed by atoms with Crippen LogP contribution in [-0.2, 0) is 9.53 Å². The first kappa shape index (κ1) is 23.5. The summed E-state index contributed by atoms with van der Waals surface area (Å²) in [5.74, 6) is 3.01. The van der Waals surface area contributed by atoms with Crippen LogP contribution in [0.3, 0.4) is 0 Å². The van der Waals surface area contributed by atoms with Gasteiger partial charge in [-0.05, 0) is 111 Å². The van der Waals surface area contributed by atoms with Crippen molar-refractivity contribution in [2.45, 2.75) is 111 Å². The molecule has 4 saturated carbocycles. The lowest BCUT2D eigenvalue weighted by atomic mass is 9.41. The van der Waals surface area contributed by atoms with Crippen molar-refractivity contribution in [2.75, 3.05) is 6.61 Å². The summed E-state index contributed by atoms with van der Waals surface area (Å²) in [6, 6.07) is 0. The van der Waals surface area contributed by atoms with Crippen LogP contribution < -0.4 is 0 Å². The van der Waals surface area contributed by atoms with Crippen molar-refractivity contribution in [2.24, 2.45) is 46.3 Å². The molecule has 4 aliphatic rings. The predicted molar refractivity (Wildman–Crippen MR) is 122 cm³/mol. The Bertz CT molecular complexity index is 649. The average molecular weight is 435 g/mol. The van der Waals surface area contributed by atoms with Crippen LogP contribution >= 0.6 is 0 Å². The van der Waals surface area contributed by atoms with Gasteiger partial charge in [-0.15, -0.1) is 0 Å². The van der Waals surface area contributed by atoms with Gasteiger partial charge in [0.15, 0.2) is 0 Å². The minimum Gasteiger partial charge on any atom is -0.466 e. The van der Waals surface area contributed by atoms with Crippen LogP contribution in [0.25, 0.3) is 0 Å². The molecular formula is C27H46O4. The second kappa shape index (κ2) is 8.97. The Morgan fingerprint density at radius 1 is 0.968 bits per heavy atom. The maximum Gasteiger partial charge on any atom is 0.305 e. The number of fused-ring (bicyclic) bond motifs is 5. The molecule has 10 atom stereocenters. The van der Waals surface area contributed by atoms with E-state index in [-0.39, 0.29) is 23.6 Å². The lowest BCUT2D eigenvalue weighted by Crippen LogP contribution is -2.62. The summed E-state index contributed by atoms with van der Waals surface area (Å²) in [6.45, 7) is 9.59. The molecule has 0 radical (unpaired) electrons. The van der Waals surface area contributed by atoms with E-state index < -0.39 is 0 Å². The molecular weight excluding hydrogens is 388 g/mol. The van der Waals surface area contributed by atoms with Gasteiger partial charge in [0.25, 0.3) is 0 Å². The maximum absolute atomic E-state index is 11.8. The molecule has 4 fully saturated rings. The number of carbonyl (C=O) groups excluding carboxylic acids is 1. The van der Waals surface area contributed by atoms with Crippen molar-refractivity contribution in [3.8, 4) is 0 Å². The first-order valence-corrected chi connectivity index (χ1v) is 13.3. The Labute approximate surface area is 189 Å². The standard InChI is InChI=1S/C27H46O4/c1-5-19-22-16-18(28)12-14-27(22,4)21-13-15-26(3)17(8-7-9-23(29)31-6-2)10-11-20(26)24(21)25(19)30/h17-22,24-25,28,30H,5-16H2,1-4H3/t17-,18+,19+,20?,21?,22-,24?,25+,26+,27+/m0/s1. The van der Waals surface area contributed by atoms with Gasteiger partial charge in [-0.25, -0.2) is 0 Å². The van der Waals surface area contributed by atoms with Gasteiger partial charge < -0.3 is 14.9 Å². The summed E-state index contributed by atoms with van der Waals surface area (Å²) < 4.78 is 5.13. The zero-order chi connectivity index (χ0) is 22.4. The largest absolute Gasteiger partial charge is 0.466 e. The highest BCUT2D eigenvalue weighted by molar-refractivity contribution is 5.69. The highest BCUT2D eigenvalue weighted by Gasteiger charge is 2.64. The molecule has 0 aromatic heterocycles. The van der Waals surface area contributed by atoms with E-state index in [1.54, 1.807) is 0 Å². The van der Waals surface area contributed by atoms with Crippen molar-refractivity contribution in [1.29, 1.82) is 0 Å². The second-order valence-electron chi connectivity index (χ2n) is 11.9. The van der Waals surface area contributed by atoms with Crippen LogP contribution in [-0.4, -0.2) is 35.0 Å². The number of rotatable bonds is 6. The molecule has 4 rings (SSSR count). The molecule has 0 aromatic carbocycles. The SMILES string of the molecule is CCOC(=O)CCC[C@H]1CCC2C3C(CC[C@@]21C)[C@@]1(C)CC[C@@H](O)C[C@H]1[C@@H](CC)[C@H]3O. The fourth-order valence-electron chi connectivity index (χ4n) is 9.27. The average Bonchev–Trinajstić information content (AvgIpc) is 3.06. The van der Waals surface area contributed by atoms with Gasteiger partial charge in [0.05, 0.1) is 18.8 Å². The molecule has 0 aliphatic heterocycles. The molecule has 0 spiro atoms. The van der Waals surface area contributed by atoms with E-state index >= 15 is 0 Å². The van der Waals surface area contributed by atoms with Crippen LogP contribution in [0.4, 0.5) is 0 Å². The van der Waals surface area contributed by atoms with Gasteiger partial charge >= 0.3 is 5.97 Å². The summed E-state index contributed by atoms with van der Waals surface area (Å²) in [4.78, 5) is 11.8. The van der Waals surface area contributed by atoms with E-state index in [2.05, 4.69) is 20.8 Å². The van der Waals surface area contributed by atoms with Gasteiger partial charge in [-0.3, -0.25) is 4.79 Å². The number of ether oxygens (including phenoxy) is 1. The third-order valence-electron chi connectivity index (χ3n) is 10.8. The van der Waals surface area contributed by atoms with Gasteiger partial charge in [-0.2, -0.15) is 0 Å². The molecule has 0 saturated heterocycles. The molecule has 178 valence electrons. The zero-order valence-corrected chi connectivity index (χ0v) is 20.3. The van der Waals surface area contributed by atoms with E-state index in [9.17, 15) is 15.0 Å². The fourth-order valence-corrected chi connectivity index (χ4v) is 9.27. The number of aliphatic hydroxyl groups excluding tert-OH is 2. The molecule has 4 nitrogen and oxygen atoms in total. The van der Waals surface area contributed by atoms with Crippen LogP contribution in [0.2, 0.25) is 0 Å². The highest BCUT2D eigenvalue weighted by atomic mass is 16.5. The third kappa shape index (κ3) is 3.88. The first-order chi connectivity index (χ1) is 14.8. The maximum atomic E-state index is 11.8. The molecule has 0 heterocycles. The van der Waals surface area contributed by atoms with Crippen LogP contribution in [0.1, 0.15) is 98.3 Å². The molecule has 0 bridgehead atoms. The molecule has 4 aliphatic carbocycles. The van der Waals surface area contributed by atoms with Gasteiger partial charge in [0.2, 0.25) is 0 Å². The fraction of sp³-hybridized carbons (Fsp3) is 0.963. The van der Waals surface area contributed by atoms with Crippen molar-refractivity contribution in [1.82, 2.24) is 0 Å². The minimum atomic E-state index is -0.221. The normalized spacial score (nSPS) is 49.1. The third-order valence-corrected chi connectivity index (χ3v) is 10.8. The number of carbonyl (C=O) groups is 1. The van der Waals surface area contributed by atoms with Crippen molar-refractivity contribution in [3.05, 3.63) is 0 Å². The molecule has 2 N–H and O–H groups in total. The van der Waals surface area contributed by atoms with E-state index in [0.717, 1.165) is 38.5 Å². The van der Waals surface area contributed by atoms with E-state index in [0.29, 0.717) is 54.0 Å². The number of esters is 1. The molecule has 31 heavy (non-hydrogen) atoms. The Morgan fingerprint density at radius 3 is 2.39 bits per heavy atom. The molecule has 3 unspecified atom stereocenters. The number of hydrogen-bond donors (Lipinski definition) is 2. The summed E-state index contributed by atoms with van der Waals surface area (Å²) in [5, 5.41) is 22.1. The Hall–Kier alpha value is -0.610. The quantitative estimate of drug-likeness (QED) is 0.553. The van der Waals surface area contributed by atoms with Crippen molar-refractivity contribution < 1.29 is 19.7 Å². The zero-order valence-electron chi connectivity index (χ0n) is 20.3. The lowest BCUT2D eigenvalue weighted by molar-refractivity contribution is -0.202. The minimum absolute atomic E-state index is 0.0575. The molecule has 4 heteroatoms. The van der Waals surface area contributed by atoms with E-state index in [1.807, 2.05) is 6.92 Å². The molecule has 0 aromatic rings. The second-order valence-corrected chi connectivity index (χ2v) is 11.9. The number of aliphatic hydroxyl groups is 2. The van der Waals surface area contributed by atoms with Crippen LogP contribution in [0.5, 0.6) is 0 Å². The predicted octanol–water partition coefficient (Wildman–Crippen LogP) is 5.35. The van der Waals surface area contributed by atoms with Crippen molar-refractivity contribution >= 4 is 5.97 Å². The van der Waals surface area contributed by atoms with Gasteiger partial charge in [-0.1, -0.05) is 27.2 Å². The van der Waals surface area contributed by atoms with Crippen LogP contribution in [0.15, 0.2) is 0 Å². The summed E-state index contributed by atoms with van der Waals surface area (Å²) >= 11 is 0. The molecule has 0 amide bonds. The highest BCUT2D eigenvalue weighted by Crippen LogP contribution is 2.69. The lowest BCUT2D eigenvalue weighted by Gasteiger charge is -2.64. The summed E-state index contributed by atoms with van der Waals surface area (Å²) in [6.07, 6.45) is 11.1. The topological polar surface area (TPSA) is 66.8 Å². The van der Waals surface area contributed by atoms with Crippen molar-refractivity contribution in [3.63, 3.8) is 0 Å². The summed E-state index contributed by atoms with van der Waals surface area (Å²) in [7, 11) is 0. The summed E-state index contributed by atoms with van der Waals surface area (Å²) in [5.41, 5.74) is 0.569. The van der Waals surface area contributed by atoms with Gasteiger partial charge in [0.1, 0.15) is 0 Å². The Morgan fingerprint density at radius 2 is 1.68 bits per heavy atom. The first-order valence-electron chi connectivity index (χ1n) is 13.3. The van der Waals surface area contributed by atoms with Gasteiger partial charge in [0, 0.05) is 6.42 Å². The Kier molecular flexibility index (Phi) is 6.81. The van der Waals surface area contributed by atoms with E-state index in [4.69, 9.17) is 4.74 Å². The Balaban J connectivity index is 1.52. The van der Waals surface area contributed by atoms with Crippen LogP contribution in [0, 0.1) is 46.3 Å².